The second-order valence-corrected chi connectivity index (χ2v) is 6.41. The molecule has 3 aromatic rings. The van der Waals surface area contributed by atoms with Crippen LogP contribution >= 0.6 is 0 Å². The van der Waals surface area contributed by atoms with Crippen molar-refractivity contribution >= 4 is 5.91 Å². The zero-order chi connectivity index (χ0) is 18.3. The summed E-state index contributed by atoms with van der Waals surface area (Å²) in [4.78, 5) is 18.1. The van der Waals surface area contributed by atoms with Crippen LogP contribution in [-0.2, 0) is 31.5 Å². The number of fused-ring (bicyclic) bond motifs is 1. The minimum Gasteiger partial charge on any atom is -0.332 e. The van der Waals surface area contributed by atoms with Crippen molar-refractivity contribution in [1.29, 1.82) is 5.26 Å². The van der Waals surface area contributed by atoms with Crippen molar-refractivity contribution in [2.75, 3.05) is 0 Å². The van der Waals surface area contributed by atoms with Gasteiger partial charge in [-0.2, -0.15) is 10.4 Å². The number of nitriles is 1. The van der Waals surface area contributed by atoms with E-state index in [4.69, 9.17) is 5.26 Å². The zero-order valence-electron chi connectivity index (χ0n) is 14.5. The van der Waals surface area contributed by atoms with Crippen molar-refractivity contribution in [3.05, 3.63) is 53.4 Å². The normalized spacial score (nSPS) is 12.9. The highest BCUT2D eigenvalue weighted by Gasteiger charge is 2.24. The van der Waals surface area contributed by atoms with Crippen LogP contribution in [0.15, 0.2) is 30.7 Å². The van der Waals surface area contributed by atoms with E-state index in [0.717, 1.165) is 27.9 Å². The van der Waals surface area contributed by atoms with Gasteiger partial charge in [0, 0.05) is 31.9 Å². The first-order valence-electron chi connectivity index (χ1n) is 8.23. The number of aryl methyl sites for hydroxylation is 2. The highest BCUT2D eigenvalue weighted by molar-refractivity contribution is 5.77. The molecule has 8 heteroatoms. The lowest BCUT2D eigenvalue weighted by Crippen LogP contribution is -2.29. The van der Waals surface area contributed by atoms with Crippen LogP contribution in [0.2, 0.25) is 0 Å². The Bertz CT molecular complexity index is 1040. The molecule has 0 saturated heterocycles. The molecule has 1 aliphatic heterocycles. The summed E-state index contributed by atoms with van der Waals surface area (Å²) in [6, 6.07) is 8.15. The maximum Gasteiger partial charge on any atom is 0.252 e. The van der Waals surface area contributed by atoms with Crippen LogP contribution in [-0.4, -0.2) is 35.4 Å². The molecule has 0 unspecified atom stereocenters. The van der Waals surface area contributed by atoms with Crippen molar-refractivity contribution in [3.63, 3.8) is 0 Å². The molecular weight excluding hydrogens is 330 g/mol. The maximum absolute atomic E-state index is 12.5. The molecule has 0 bridgehead atoms. The number of amides is 1. The van der Waals surface area contributed by atoms with E-state index in [9.17, 15) is 4.79 Å². The van der Waals surface area contributed by atoms with E-state index >= 15 is 0 Å². The quantitative estimate of drug-likeness (QED) is 0.714. The molecule has 4 rings (SSSR count). The number of hydrogen-bond donors (Lipinski definition) is 0. The summed E-state index contributed by atoms with van der Waals surface area (Å²) in [6.07, 6.45) is 3.41. The van der Waals surface area contributed by atoms with Gasteiger partial charge in [0.2, 0.25) is 5.91 Å². The van der Waals surface area contributed by atoms with Crippen LogP contribution in [0.5, 0.6) is 0 Å². The molecule has 1 aliphatic rings. The van der Waals surface area contributed by atoms with Gasteiger partial charge >= 0.3 is 0 Å². The van der Waals surface area contributed by atoms with Crippen LogP contribution in [0, 0.1) is 18.3 Å². The highest BCUT2D eigenvalue weighted by atomic mass is 16.2. The van der Waals surface area contributed by atoms with Gasteiger partial charge in [-0.05, 0) is 29.7 Å². The molecule has 8 nitrogen and oxygen atoms in total. The van der Waals surface area contributed by atoms with Gasteiger partial charge in [0.15, 0.2) is 0 Å². The standard InChI is InChI=1S/C18H17N7O/c1-12-16(9-23(2)21-12)13-3-4-14-7-24(8-15(14)5-13)18(26)10-25-11-20-17(6-19)22-25/h3-5,9,11H,7-8,10H2,1-2H3. The van der Waals surface area contributed by atoms with Gasteiger partial charge in [-0.1, -0.05) is 12.1 Å². The van der Waals surface area contributed by atoms with Crippen molar-refractivity contribution in [1.82, 2.24) is 29.4 Å². The third kappa shape index (κ3) is 2.84. The van der Waals surface area contributed by atoms with Gasteiger partial charge in [0.25, 0.3) is 5.82 Å². The van der Waals surface area contributed by atoms with Crippen LogP contribution in [0.25, 0.3) is 11.1 Å². The van der Waals surface area contributed by atoms with Gasteiger partial charge < -0.3 is 4.90 Å². The minimum absolute atomic E-state index is 0.0466. The Morgan fingerprint density at radius 1 is 1.27 bits per heavy atom. The van der Waals surface area contributed by atoms with Crippen molar-refractivity contribution in [2.45, 2.75) is 26.6 Å². The zero-order valence-corrected chi connectivity index (χ0v) is 14.5. The SMILES string of the molecule is Cc1nn(C)cc1-c1ccc2c(c1)CN(C(=O)Cn1cnc(C#N)n1)C2. The van der Waals surface area contributed by atoms with E-state index in [-0.39, 0.29) is 18.3 Å². The van der Waals surface area contributed by atoms with E-state index in [2.05, 4.69) is 33.4 Å². The van der Waals surface area contributed by atoms with Crippen LogP contribution in [0.4, 0.5) is 0 Å². The predicted molar refractivity (Wildman–Crippen MR) is 92.4 cm³/mol. The Balaban J connectivity index is 1.51. The largest absolute Gasteiger partial charge is 0.332 e. The van der Waals surface area contributed by atoms with Crippen molar-refractivity contribution < 1.29 is 4.79 Å². The molecule has 2 aromatic heterocycles. The lowest BCUT2D eigenvalue weighted by Gasteiger charge is -2.14. The molecule has 1 aromatic carbocycles. The van der Waals surface area contributed by atoms with Gasteiger partial charge in [0.1, 0.15) is 18.9 Å². The van der Waals surface area contributed by atoms with Crippen LogP contribution in [0.3, 0.4) is 0 Å². The monoisotopic (exact) mass is 347 g/mol. The van der Waals surface area contributed by atoms with E-state index in [1.54, 1.807) is 9.58 Å². The Morgan fingerprint density at radius 3 is 2.77 bits per heavy atom. The third-order valence-corrected chi connectivity index (χ3v) is 4.54. The number of carbonyl (C=O) groups excluding carboxylic acids is 1. The lowest BCUT2D eigenvalue weighted by atomic mass is 10.0. The molecule has 0 atom stereocenters. The number of hydrogen-bond acceptors (Lipinski definition) is 5. The number of aromatic nitrogens is 5. The Hall–Kier alpha value is -3.47. The van der Waals surface area contributed by atoms with Crippen LogP contribution < -0.4 is 0 Å². The fraction of sp³-hybridized carbons (Fsp3) is 0.278. The molecule has 0 spiro atoms. The third-order valence-electron chi connectivity index (χ3n) is 4.54. The maximum atomic E-state index is 12.5. The fourth-order valence-electron chi connectivity index (χ4n) is 3.28. The summed E-state index contributed by atoms with van der Waals surface area (Å²) in [5, 5.41) is 17.1. The summed E-state index contributed by atoms with van der Waals surface area (Å²) in [7, 11) is 1.91. The van der Waals surface area contributed by atoms with E-state index < -0.39 is 0 Å². The molecule has 0 radical (unpaired) electrons. The van der Waals surface area contributed by atoms with E-state index in [1.807, 2.05) is 26.2 Å². The molecular formula is C18H17N7O. The van der Waals surface area contributed by atoms with Crippen molar-refractivity contribution in [2.24, 2.45) is 7.05 Å². The summed E-state index contributed by atoms with van der Waals surface area (Å²) in [5.41, 5.74) is 5.50. The predicted octanol–water partition coefficient (Wildman–Crippen LogP) is 1.40. The minimum atomic E-state index is -0.0466. The number of carbonyl (C=O) groups is 1. The number of benzene rings is 1. The highest BCUT2D eigenvalue weighted by Crippen LogP contribution is 2.29. The van der Waals surface area contributed by atoms with Gasteiger partial charge in [-0.15, -0.1) is 5.10 Å². The average molecular weight is 347 g/mol. The Morgan fingerprint density at radius 2 is 2.08 bits per heavy atom. The van der Waals surface area contributed by atoms with Gasteiger partial charge in [-0.3, -0.25) is 9.48 Å². The fourth-order valence-corrected chi connectivity index (χ4v) is 3.28. The smallest absolute Gasteiger partial charge is 0.252 e. The second kappa shape index (κ2) is 6.11. The number of rotatable bonds is 3. The Labute approximate surface area is 150 Å². The molecule has 26 heavy (non-hydrogen) atoms. The Kier molecular flexibility index (Phi) is 3.77. The molecule has 130 valence electrons. The molecule has 0 fully saturated rings. The molecule has 0 saturated carbocycles. The number of nitrogens with zero attached hydrogens (tertiary/aromatic N) is 7. The average Bonchev–Trinajstić information content (AvgIpc) is 3.32. The second-order valence-electron chi connectivity index (χ2n) is 6.41. The molecule has 1 amide bonds. The molecule has 0 N–H and O–H groups in total. The van der Waals surface area contributed by atoms with Gasteiger partial charge in [0.05, 0.1) is 5.69 Å². The first-order valence-corrected chi connectivity index (χ1v) is 8.23. The van der Waals surface area contributed by atoms with E-state index in [1.165, 1.54) is 11.0 Å². The van der Waals surface area contributed by atoms with Gasteiger partial charge in [-0.25, -0.2) is 9.67 Å². The molecule has 3 heterocycles. The topological polar surface area (TPSA) is 92.6 Å². The lowest BCUT2D eigenvalue weighted by molar-refractivity contribution is -0.132. The summed E-state index contributed by atoms with van der Waals surface area (Å²) >= 11 is 0. The molecule has 0 aliphatic carbocycles. The summed E-state index contributed by atoms with van der Waals surface area (Å²) in [5.74, 6) is 0.0219. The van der Waals surface area contributed by atoms with E-state index in [0.29, 0.717) is 13.1 Å². The first-order chi connectivity index (χ1) is 12.5. The van der Waals surface area contributed by atoms with Crippen molar-refractivity contribution in [3.8, 4) is 17.2 Å². The van der Waals surface area contributed by atoms with Crippen LogP contribution in [0.1, 0.15) is 22.6 Å². The summed E-state index contributed by atoms with van der Waals surface area (Å²) in [6.45, 7) is 3.23. The summed E-state index contributed by atoms with van der Waals surface area (Å²) < 4.78 is 3.20. The first kappa shape index (κ1) is 16.0.